The highest BCUT2D eigenvalue weighted by Crippen LogP contribution is 2.11. The van der Waals surface area contributed by atoms with Gasteiger partial charge in [-0.3, -0.25) is 14.8 Å². The maximum absolute atomic E-state index is 11.5. The fraction of sp³-hybridized carbons (Fsp3) is 0.222. The van der Waals surface area contributed by atoms with Crippen molar-refractivity contribution in [2.45, 2.75) is 13.8 Å². The van der Waals surface area contributed by atoms with Crippen LogP contribution in [0, 0.1) is 13.8 Å². The SMILES string of the molecule is Cc1cnc2[nH]c(=O)[nH]c(=O)c2c1C. The van der Waals surface area contributed by atoms with Crippen LogP contribution in [0.4, 0.5) is 0 Å². The number of nitrogens with one attached hydrogen (secondary N) is 2. The second-order valence-electron chi connectivity index (χ2n) is 3.20. The lowest BCUT2D eigenvalue weighted by molar-refractivity contribution is 1.05. The Kier molecular flexibility index (Phi) is 1.73. The van der Waals surface area contributed by atoms with Gasteiger partial charge in [0.1, 0.15) is 5.65 Å². The van der Waals surface area contributed by atoms with Gasteiger partial charge in [-0.15, -0.1) is 0 Å². The lowest BCUT2D eigenvalue weighted by atomic mass is 10.1. The number of pyridine rings is 1. The summed E-state index contributed by atoms with van der Waals surface area (Å²) in [7, 11) is 0. The summed E-state index contributed by atoms with van der Waals surface area (Å²) in [4.78, 5) is 31.0. The Morgan fingerprint density at radius 2 is 1.93 bits per heavy atom. The predicted octanol–water partition coefficient (Wildman–Crippen LogP) is 0.228. The van der Waals surface area contributed by atoms with Crippen LogP contribution in [0.25, 0.3) is 11.0 Å². The van der Waals surface area contributed by atoms with E-state index in [9.17, 15) is 9.59 Å². The molecule has 2 N–H and O–H groups in total. The van der Waals surface area contributed by atoms with Gasteiger partial charge in [-0.2, -0.15) is 0 Å². The quantitative estimate of drug-likeness (QED) is 0.625. The fourth-order valence-electron chi connectivity index (χ4n) is 1.37. The molecule has 0 bridgehead atoms. The number of aryl methyl sites for hydroxylation is 2. The van der Waals surface area contributed by atoms with Gasteiger partial charge in [-0.1, -0.05) is 0 Å². The Bertz CT molecular complexity index is 609. The number of aromatic amines is 2. The van der Waals surface area contributed by atoms with Crippen molar-refractivity contribution in [1.29, 1.82) is 0 Å². The Hall–Kier alpha value is -1.91. The Balaban J connectivity index is 3.11. The summed E-state index contributed by atoms with van der Waals surface area (Å²) in [6.07, 6.45) is 1.63. The van der Waals surface area contributed by atoms with E-state index in [0.29, 0.717) is 11.0 Å². The maximum atomic E-state index is 11.5. The summed E-state index contributed by atoms with van der Waals surface area (Å²) in [6, 6.07) is 0. The van der Waals surface area contributed by atoms with Crippen molar-refractivity contribution in [3.05, 3.63) is 38.2 Å². The molecule has 0 amide bonds. The van der Waals surface area contributed by atoms with Gasteiger partial charge in [0, 0.05) is 6.20 Å². The standard InChI is InChI=1S/C9H9N3O2/c1-4-3-10-7-6(5(4)2)8(13)12-9(14)11-7/h3H,1-2H3,(H2,10,11,12,13,14). The van der Waals surface area contributed by atoms with Gasteiger partial charge in [0.25, 0.3) is 5.56 Å². The molecule has 2 heterocycles. The van der Waals surface area contributed by atoms with Crippen molar-refractivity contribution < 1.29 is 0 Å². The fourth-order valence-corrected chi connectivity index (χ4v) is 1.37. The van der Waals surface area contributed by atoms with Gasteiger partial charge in [-0.25, -0.2) is 9.78 Å². The van der Waals surface area contributed by atoms with Crippen molar-refractivity contribution in [3.8, 4) is 0 Å². The van der Waals surface area contributed by atoms with Gasteiger partial charge in [-0.05, 0) is 25.0 Å². The number of hydrogen-bond acceptors (Lipinski definition) is 3. The summed E-state index contributed by atoms with van der Waals surface area (Å²) < 4.78 is 0. The molecular formula is C9H9N3O2. The summed E-state index contributed by atoms with van der Waals surface area (Å²) in [5.74, 6) is 0. The van der Waals surface area contributed by atoms with E-state index in [1.807, 2.05) is 13.8 Å². The molecule has 2 aromatic rings. The smallest absolute Gasteiger partial charge is 0.291 e. The molecule has 0 spiro atoms. The summed E-state index contributed by atoms with van der Waals surface area (Å²) in [6.45, 7) is 3.69. The zero-order valence-corrected chi connectivity index (χ0v) is 7.84. The lowest BCUT2D eigenvalue weighted by Crippen LogP contribution is -2.23. The van der Waals surface area contributed by atoms with Crippen molar-refractivity contribution in [2.24, 2.45) is 0 Å². The maximum Gasteiger partial charge on any atom is 0.327 e. The molecule has 0 aliphatic carbocycles. The monoisotopic (exact) mass is 191 g/mol. The molecule has 0 unspecified atom stereocenters. The summed E-state index contributed by atoms with van der Waals surface area (Å²) in [5, 5.41) is 0.449. The third-order valence-corrected chi connectivity index (χ3v) is 2.28. The van der Waals surface area contributed by atoms with Crippen LogP contribution in [0.5, 0.6) is 0 Å². The van der Waals surface area contributed by atoms with Gasteiger partial charge in [0.15, 0.2) is 0 Å². The second-order valence-corrected chi connectivity index (χ2v) is 3.20. The molecule has 2 aromatic heterocycles. The van der Waals surface area contributed by atoms with E-state index in [-0.39, 0.29) is 0 Å². The van der Waals surface area contributed by atoms with Gasteiger partial charge in [0.05, 0.1) is 5.39 Å². The van der Waals surface area contributed by atoms with E-state index in [0.717, 1.165) is 11.1 Å². The predicted molar refractivity (Wildman–Crippen MR) is 52.5 cm³/mol. The number of nitrogens with zero attached hydrogens (tertiary/aromatic N) is 1. The highest BCUT2D eigenvalue weighted by atomic mass is 16.2. The first-order chi connectivity index (χ1) is 6.59. The topological polar surface area (TPSA) is 78.6 Å². The van der Waals surface area contributed by atoms with E-state index in [1.54, 1.807) is 6.20 Å². The van der Waals surface area contributed by atoms with Crippen molar-refractivity contribution in [3.63, 3.8) is 0 Å². The molecular weight excluding hydrogens is 182 g/mol. The molecule has 0 saturated heterocycles. The summed E-state index contributed by atoms with van der Waals surface area (Å²) in [5.41, 5.74) is 1.18. The van der Waals surface area contributed by atoms with Crippen molar-refractivity contribution in [1.82, 2.24) is 15.0 Å². The van der Waals surface area contributed by atoms with E-state index >= 15 is 0 Å². The molecule has 0 aliphatic rings. The van der Waals surface area contributed by atoms with Crippen LogP contribution in [0.3, 0.4) is 0 Å². The number of rotatable bonds is 0. The first-order valence-corrected chi connectivity index (χ1v) is 4.18. The zero-order chi connectivity index (χ0) is 10.3. The number of hydrogen-bond donors (Lipinski definition) is 2. The zero-order valence-electron chi connectivity index (χ0n) is 7.84. The van der Waals surface area contributed by atoms with E-state index in [2.05, 4.69) is 15.0 Å². The molecule has 0 aromatic carbocycles. The van der Waals surface area contributed by atoms with Gasteiger partial charge < -0.3 is 0 Å². The first kappa shape index (κ1) is 8.68. The van der Waals surface area contributed by atoms with E-state index in [1.165, 1.54) is 0 Å². The lowest BCUT2D eigenvalue weighted by Gasteiger charge is -2.02. The summed E-state index contributed by atoms with van der Waals surface area (Å²) >= 11 is 0. The van der Waals surface area contributed by atoms with Crippen LogP contribution < -0.4 is 11.2 Å². The van der Waals surface area contributed by atoms with Crippen LogP contribution in [0.1, 0.15) is 11.1 Å². The Morgan fingerprint density at radius 3 is 2.64 bits per heavy atom. The minimum atomic E-state index is -0.529. The molecule has 2 rings (SSSR count). The molecule has 0 saturated carbocycles. The van der Waals surface area contributed by atoms with Gasteiger partial charge >= 0.3 is 5.69 Å². The third kappa shape index (κ3) is 1.14. The van der Waals surface area contributed by atoms with E-state index in [4.69, 9.17) is 0 Å². The van der Waals surface area contributed by atoms with Crippen LogP contribution in [-0.4, -0.2) is 15.0 Å². The van der Waals surface area contributed by atoms with Gasteiger partial charge in [0.2, 0.25) is 0 Å². The number of aromatic nitrogens is 3. The average molecular weight is 191 g/mol. The van der Waals surface area contributed by atoms with Crippen molar-refractivity contribution >= 4 is 11.0 Å². The van der Waals surface area contributed by atoms with Crippen LogP contribution in [0.2, 0.25) is 0 Å². The molecule has 5 nitrogen and oxygen atoms in total. The number of H-pyrrole nitrogens is 2. The molecule has 0 atom stereocenters. The second kappa shape index (κ2) is 2.80. The molecule has 0 aliphatic heterocycles. The highest BCUT2D eigenvalue weighted by Gasteiger charge is 2.06. The Labute approximate surface area is 78.8 Å². The van der Waals surface area contributed by atoms with Crippen molar-refractivity contribution in [2.75, 3.05) is 0 Å². The molecule has 0 radical (unpaired) electrons. The molecule has 72 valence electrons. The van der Waals surface area contributed by atoms with Crippen LogP contribution in [0.15, 0.2) is 15.8 Å². The molecule has 14 heavy (non-hydrogen) atoms. The highest BCUT2D eigenvalue weighted by molar-refractivity contribution is 5.77. The van der Waals surface area contributed by atoms with Crippen LogP contribution in [-0.2, 0) is 0 Å². The first-order valence-electron chi connectivity index (χ1n) is 4.18. The number of fused-ring (bicyclic) bond motifs is 1. The molecule has 0 fully saturated rings. The van der Waals surface area contributed by atoms with Crippen LogP contribution >= 0.6 is 0 Å². The Morgan fingerprint density at radius 1 is 1.21 bits per heavy atom. The average Bonchev–Trinajstić information content (AvgIpc) is 2.10. The molecule has 5 heteroatoms. The minimum Gasteiger partial charge on any atom is -0.291 e. The normalized spacial score (nSPS) is 10.7. The largest absolute Gasteiger partial charge is 0.327 e. The third-order valence-electron chi connectivity index (χ3n) is 2.28. The minimum absolute atomic E-state index is 0.335. The van der Waals surface area contributed by atoms with E-state index < -0.39 is 11.2 Å².